The second kappa shape index (κ2) is 7.22. The van der Waals surface area contributed by atoms with Gasteiger partial charge in [-0.15, -0.1) is 0 Å². The number of nitrogens with zero attached hydrogens (tertiary/aromatic N) is 2. The zero-order valence-electron chi connectivity index (χ0n) is 13.1. The van der Waals surface area contributed by atoms with Crippen LogP contribution in [-0.2, 0) is 4.79 Å². The van der Waals surface area contributed by atoms with Crippen LogP contribution in [0.3, 0.4) is 0 Å². The summed E-state index contributed by atoms with van der Waals surface area (Å²) in [7, 11) is 2.06. The van der Waals surface area contributed by atoms with Crippen LogP contribution in [0.25, 0.3) is 0 Å². The zero-order valence-corrected chi connectivity index (χ0v) is 13.1. The lowest BCUT2D eigenvalue weighted by molar-refractivity contribution is -0.112. The molecule has 0 unspecified atom stereocenters. The minimum Gasteiger partial charge on any atom is -0.367 e. The molecule has 0 atom stereocenters. The molecule has 118 valence electrons. The van der Waals surface area contributed by atoms with Gasteiger partial charge in [-0.2, -0.15) is 0 Å². The van der Waals surface area contributed by atoms with Crippen LogP contribution in [-0.4, -0.2) is 44.0 Å². The zero-order chi connectivity index (χ0) is 16.1. The van der Waals surface area contributed by atoms with E-state index in [1.165, 1.54) is 12.1 Å². The summed E-state index contributed by atoms with van der Waals surface area (Å²) in [5, 5.41) is 2.85. The number of rotatable bonds is 4. The Hall–Kier alpha value is -2.14. The van der Waals surface area contributed by atoms with Gasteiger partial charge in [0, 0.05) is 31.8 Å². The maximum Gasteiger partial charge on any atom is 0.251 e. The highest BCUT2D eigenvalue weighted by atomic mass is 19.1. The predicted molar refractivity (Wildman–Crippen MR) is 88.7 cm³/mol. The summed E-state index contributed by atoms with van der Waals surface area (Å²) in [6, 6.07) is 4.46. The number of anilines is 2. The first-order valence-corrected chi connectivity index (χ1v) is 7.35. The van der Waals surface area contributed by atoms with Crippen molar-refractivity contribution >= 4 is 17.3 Å². The molecule has 1 aromatic carbocycles. The Morgan fingerprint density at radius 1 is 1.32 bits per heavy atom. The molecule has 0 aliphatic carbocycles. The van der Waals surface area contributed by atoms with Crippen molar-refractivity contribution in [3.05, 3.63) is 48.3 Å². The van der Waals surface area contributed by atoms with E-state index in [-0.39, 0.29) is 11.7 Å². The van der Waals surface area contributed by atoms with Gasteiger partial charge >= 0.3 is 0 Å². The Balaban J connectivity index is 2.22. The van der Waals surface area contributed by atoms with E-state index in [1.807, 2.05) is 0 Å². The minimum atomic E-state index is -0.301. The maximum atomic E-state index is 13.6. The van der Waals surface area contributed by atoms with Crippen molar-refractivity contribution in [3.63, 3.8) is 0 Å². The molecule has 0 spiro atoms. The summed E-state index contributed by atoms with van der Waals surface area (Å²) in [6.07, 6.45) is 3.22. The predicted octanol–water partition coefficient (Wildman–Crippen LogP) is 2.65. The van der Waals surface area contributed by atoms with E-state index in [1.54, 1.807) is 25.1 Å². The van der Waals surface area contributed by atoms with Crippen LogP contribution >= 0.6 is 0 Å². The number of carbonyl (C=O) groups excluding carboxylic acids is 1. The third-order valence-electron chi connectivity index (χ3n) is 3.78. The molecular weight excluding hydrogens is 281 g/mol. The fourth-order valence-corrected chi connectivity index (χ4v) is 2.39. The van der Waals surface area contributed by atoms with E-state index in [0.717, 1.165) is 31.9 Å². The summed E-state index contributed by atoms with van der Waals surface area (Å²) < 4.78 is 13.6. The van der Waals surface area contributed by atoms with E-state index in [2.05, 4.69) is 28.7 Å². The summed E-state index contributed by atoms with van der Waals surface area (Å²) in [4.78, 5) is 16.5. The van der Waals surface area contributed by atoms with Gasteiger partial charge in [0.05, 0.1) is 11.4 Å². The standard InChI is InChI=1S/C17H22FN3O/c1-4-5-13(2)17(22)19-15-7-6-14(18)12-16(15)21-10-8-20(3)9-11-21/h4-7,12H,1,8-11H2,2-3H3,(H,19,22)/b13-5+. The number of benzene rings is 1. The van der Waals surface area contributed by atoms with Gasteiger partial charge in [-0.1, -0.05) is 18.7 Å². The van der Waals surface area contributed by atoms with Crippen molar-refractivity contribution in [1.29, 1.82) is 0 Å². The first-order valence-electron chi connectivity index (χ1n) is 7.35. The van der Waals surface area contributed by atoms with Crippen LogP contribution < -0.4 is 10.2 Å². The number of hydrogen-bond donors (Lipinski definition) is 1. The molecule has 1 saturated heterocycles. The van der Waals surface area contributed by atoms with Gasteiger partial charge < -0.3 is 15.1 Å². The molecule has 2 rings (SSSR count). The fourth-order valence-electron chi connectivity index (χ4n) is 2.39. The normalized spacial score (nSPS) is 16.5. The van der Waals surface area contributed by atoms with E-state index in [4.69, 9.17) is 0 Å². The Bertz CT molecular complexity index is 590. The maximum absolute atomic E-state index is 13.6. The van der Waals surface area contributed by atoms with E-state index in [9.17, 15) is 9.18 Å². The first kappa shape index (κ1) is 16.2. The molecule has 22 heavy (non-hydrogen) atoms. The number of allylic oxidation sites excluding steroid dienone is 2. The molecule has 0 aromatic heterocycles. The Kier molecular flexibility index (Phi) is 5.33. The molecule has 1 fully saturated rings. The fraction of sp³-hybridized carbons (Fsp3) is 0.353. The van der Waals surface area contributed by atoms with Gasteiger partial charge in [-0.3, -0.25) is 4.79 Å². The van der Waals surface area contributed by atoms with Crippen molar-refractivity contribution in [1.82, 2.24) is 4.90 Å². The molecule has 0 saturated carbocycles. The molecule has 0 bridgehead atoms. The molecule has 1 aromatic rings. The third-order valence-corrected chi connectivity index (χ3v) is 3.78. The third kappa shape index (κ3) is 3.95. The lowest BCUT2D eigenvalue weighted by Crippen LogP contribution is -2.44. The Morgan fingerprint density at radius 2 is 2.00 bits per heavy atom. The van der Waals surface area contributed by atoms with Crippen LogP contribution in [0.15, 0.2) is 42.5 Å². The van der Waals surface area contributed by atoms with Gasteiger partial charge in [0.25, 0.3) is 5.91 Å². The molecular formula is C17H22FN3O. The lowest BCUT2D eigenvalue weighted by atomic mass is 10.2. The Morgan fingerprint density at radius 3 is 2.64 bits per heavy atom. The van der Waals surface area contributed by atoms with E-state index >= 15 is 0 Å². The molecule has 1 N–H and O–H groups in total. The molecule has 5 heteroatoms. The van der Waals surface area contributed by atoms with Crippen LogP contribution in [0.5, 0.6) is 0 Å². The number of likely N-dealkylation sites (N-methyl/N-ethyl adjacent to an activating group) is 1. The molecule has 1 aliphatic rings. The number of carbonyl (C=O) groups is 1. The Labute approximate surface area is 130 Å². The number of amides is 1. The molecule has 4 nitrogen and oxygen atoms in total. The van der Waals surface area contributed by atoms with Gasteiger partial charge in [0.1, 0.15) is 5.82 Å². The monoisotopic (exact) mass is 303 g/mol. The largest absolute Gasteiger partial charge is 0.367 e. The van der Waals surface area contributed by atoms with Gasteiger partial charge in [-0.05, 0) is 32.2 Å². The van der Waals surface area contributed by atoms with Gasteiger partial charge in [0.15, 0.2) is 0 Å². The molecule has 0 radical (unpaired) electrons. The van der Waals surface area contributed by atoms with Crippen molar-refractivity contribution in [2.24, 2.45) is 0 Å². The molecule has 1 aliphatic heterocycles. The van der Waals surface area contributed by atoms with Crippen molar-refractivity contribution in [2.75, 3.05) is 43.4 Å². The topological polar surface area (TPSA) is 35.6 Å². The summed E-state index contributed by atoms with van der Waals surface area (Å²) in [6.45, 7) is 8.75. The SMILES string of the molecule is C=C/C=C(\C)C(=O)Nc1ccc(F)cc1N1CCN(C)CC1. The van der Waals surface area contributed by atoms with Crippen molar-refractivity contribution in [3.8, 4) is 0 Å². The highest BCUT2D eigenvalue weighted by Crippen LogP contribution is 2.28. The van der Waals surface area contributed by atoms with E-state index in [0.29, 0.717) is 11.3 Å². The summed E-state index contributed by atoms with van der Waals surface area (Å²) in [5.41, 5.74) is 1.92. The summed E-state index contributed by atoms with van der Waals surface area (Å²) in [5.74, 6) is -0.507. The van der Waals surface area contributed by atoms with Gasteiger partial charge in [-0.25, -0.2) is 4.39 Å². The van der Waals surface area contributed by atoms with Crippen molar-refractivity contribution in [2.45, 2.75) is 6.92 Å². The first-order chi connectivity index (χ1) is 10.5. The minimum absolute atomic E-state index is 0.207. The average Bonchev–Trinajstić information content (AvgIpc) is 2.50. The van der Waals surface area contributed by atoms with Crippen LogP contribution in [0.2, 0.25) is 0 Å². The van der Waals surface area contributed by atoms with Crippen LogP contribution in [0, 0.1) is 5.82 Å². The van der Waals surface area contributed by atoms with Crippen molar-refractivity contribution < 1.29 is 9.18 Å². The van der Waals surface area contributed by atoms with Crippen LogP contribution in [0.4, 0.5) is 15.8 Å². The average molecular weight is 303 g/mol. The van der Waals surface area contributed by atoms with Gasteiger partial charge in [0.2, 0.25) is 0 Å². The lowest BCUT2D eigenvalue weighted by Gasteiger charge is -2.35. The molecule has 1 heterocycles. The quantitative estimate of drug-likeness (QED) is 0.686. The molecule has 1 amide bonds. The number of piperazine rings is 1. The number of halogens is 1. The summed E-state index contributed by atoms with van der Waals surface area (Å²) >= 11 is 0. The number of nitrogens with one attached hydrogen (secondary N) is 1. The number of hydrogen-bond acceptors (Lipinski definition) is 3. The van der Waals surface area contributed by atoms with Crippen LogP contribution in [0.1, 0.15) is 6.92 Å². The second-order valence-corrected chi connectivity index (χ2v) is 5.49. The highest BCUT2D eigenvalue weighted by molar-refractivity contribution is 6.05. The smallest absolute Gasteiger partial charge is 0.251 e. The van der Waals surface area contributed by atoms with E-state index < -0.39 is 0 Å². The highest BCUT2D eigenvalue weighted by Gasteiger charge is 2.19. The second-order valence-electron chi connectivity index (χ2n) is 5.49.